The van der Waals surface area contributed by atoms with Gasteiger partial charge < -0.3 is 5.32 Å². The monoisotopic (exact) mass is 278 g/mol. The third-order valence-corrected chi connectivity index (χ3v) is 4.89. The zero-order chi connectivity index (χ0) is 11.5. The third-order valence-electron chi connectivity index (χ3n) is 2.31. The van der Waals surface area contributed by atoms with Crippen LogP contribution in [0.5, 0.6) is 0 Å². The van der Waals surface area contributed by atoms with Crippen molar-refractivity contribution in [3.8, 4) is 10.4 Å². The van der Waals surface area contributed by atoms with Crippen LogP contribution in [0.15, 0.2) is 40.5 Å². The van der Waals surface area contributed by atoms with Gasteiger partial charge in [-0.1, -0.05) is 6.07 Å². The van der Waals surface area contributed by atoms with Gasteiger partial charge in [-0.15, -0.1) is 34.0 Å². The van der Waals surface area contributed by atoms with Crippen molar-refractivity contribution in [1.82, 2.24) is 4.98 Å². The van der Waals surface area contributed by atoms with Gasteiger partial charge >= 0.3 is 0 Å². The second-order valence-electron chi connectivity index (χ2n) is 3.47. The van der Waals surface area contributed by atoms with E-state index in [2.05, 4.69) is 39.3 Å². The van der Waals surface area contributed by atoms with Crippen LogP contribution in [-0.4, -0.2) is 4.98 Å². The van der Waals surface area contributed by atoms with Crippen molar-refractivity contribution in [2.75, 3.05) is 5.32 Å². The van der Waals surface area contributed by atoms with E-state index in [4.69, 9.17) is 0 Å². The molecule has 3 aromatic rings. The number of thiazole rings is 1. The van der Waals surface area contributed by atoms with Gasteiger partial charge in [-0.2, -0.15) is 0 Å². The standard InChI is InChI=1S/C12H10N2S3/c1-2-11(15-4-1)9-6-10(17-8-9)7-14-12-13-3-5-16-12/h1-6,8H,7H2,(H,13,14). The lowest BCUT2D eigenvalue weighted by Gasteiger charge is -1.98. The van der Waals surface area contributed by atoms with Crippen molar-refractivity contribution >= 4 is 39.1 Å². The predicted octanol–water partition coefficient (Wildman–Crippen LogP) is 4.55. The molecule has 0 saturated heterocycles. The van der Waals surface area contributed by atoms with Gasteiger partial charge in [-0.25, -0.2) is 4.98 Å². The Bertz CT molecular complexity index is 567. The summed E-state index contributed by atoms with van der Waals surface area (Å²) in [4.78, 5) is 6.87. The molecule has 0 aromatic carbocycles. The highest BCUT2D eigenvalue weighted by atomic mass is 32.1. The van der Waals surface area contributed by atoms with Crippen LogP contribution in [0.3, 0.4) is 0 Å². The van der Waals surface area contributed by atoms with Crippen molar-refractivity contribution in [3.05, 3.63) is 45.4 Å². The first-order valence-corrected chi connectivity index (χ1v) is 7.80. The fourth-order valence-electron chi connectivity index (χ4n) is 1.52. The zero-order valence-corrected chi connectivity index (χ0v) is 11.4. The van der Waals surface area contributed by atoms with Crippen molar-refractivity contribution < 1.29 is 0 Å². The molecule has 0 aliphatic heterocycles. The van der Waals surface area contributed by atoms with E-state index in [1.54, 1.807) is 34.0 Å². The molecule has 0 radical (unpaired) electrons. The lowest BCUT2D eigenvalue weighted by molar-refractivity contribution is 1.17. The Morgan fingerprint density at radius 2 is 2.18 bits per heavy atom. The smallest absolute Gasteiger partial charge is 0.182 e. The number of nitrogens with one attached hydrogen (secondary N) is 1. The highest BCUT2D eigenvalue weighted by molar-refractivity contribution is 7.14. The maximum absolute atomic E-state index is 4.20. The largest absolute Gasteiger partial charge is 0.357 e. The molecule has 0 unspecified atom stereocenters. The SMILES string of the molecule is c1csc(-c2csc(CNc3nccs3)c2)c1. The Balaban J connectivity index is 1.69. The molecule has 0 aliphatic rings. The molecule has 3 rings (SSSR count). The Morgan fingerprint density at radius 1 is 1.18 bits per heavy atom. The number of aromatic nitrogens is 1. The van der Waals surface area contributed by atoms with Crippen LogP contribution in [0.2, 0.25) is 0 Å². The number of thiophene rings is 2. The van der Waals surface area contributed by atoms with Gasteiger partial charge in [0.25, 0.3) is 0 Å². The van der Waals surface area contributed by atoms with Crippen LogP contribution in [0, 0.1) is 0 Å². The summed E-state index contributed by atoms with van der Waals surface area (Å²) in [6.07, 6.45) is 1.82. The van der Waals surface area contributed by atoms with Crippen molar-refractivity contribution in [2.24, 2.45) is 0 Å². The predicted molar refractivity (Wildman–Crippen MR) is 77.1 cm³/mol. The first-order chi connectivity index (χ1) is 8.42. The summed E-state index contributed by atoms with van der Waals surface area (Å²) in [7, 11) is 0. The van der Waals surface area contributed by atoms with Gasteiger partial charge in [0, 0.05) is 26.9 Å². The maximum Gasteiger partial charge on any atom is 0.182 e. The summed E-state index contributed by atoms with van der Waals surface area (Å²) in [6, 6.07) is 6.49. The Morgan fingerprint density at radius 3 is 2.94 bits per heavy atom. The molecule has 1 N–H and O–H groups in total. The van der Waals surface area contributed by atoms with Gasteiger partial charge in [0.1, 0.15) is 0 Å². The normalized spacial score (nSPS) is 10.6. The fourth-order valence-corrected chi connectivity index (χ4v) is 3.66. The quantitative estimate of drug-likeness (QED) is 0.757. The van der Waals surface area contributed by atoms with Gasteiger partial charge in [0.05, 0.1) is 6.54 Å². The van der Waals surface area contributed by atoms with Gasteiger partial charge in [0.2, 0.25) is 0 Å². The minimum Gasteiger partial charge on any atom is -0.357 e. The molecule has 2 nitrogen and oxygen atoms in total. The minimum atomic E-state index is 0.851. The molecule has 86 valence electrons. The topological polar surface area (TPSA) is 24.9 Å². The second kappa shape index (κ2) is 5.00. The number of nitrogens with zero attached hydrogens (tertiary/aromatic N) is 1. The van der Waals surface area contributed by atoms with E-state index < -0.39 is 0 Å². The van der Waals surface area contributed by atoms with Crippen molar-refractivity contribution in [3.63, 3.8) is 0 Å². The van der Waals surface area contributed by atoms with Gasteiger partial charge in [-0.05, 0) is 22.9 Å². The summed E-state index contributed by atoms with van der Waals surface area (Å²) < 4.78 is 0. The van der Waals surface area contributed by atoms with E-state index in [9.17, 15) is 0 Å². The molecule has 0 spiro atoms. The lowest BCUT2D eigenvalue weighted by atomic mass is 10.2. The summed E-state index contributed by atoms with van der Waals surface area (Å²) in [5.74, 6) is 0. The van der Waals surface area contributed by atoms with Gasteiger partial charge in [0.15, 0.2) is 5.13 Å². The van der Waals surface area contributed by atoms with E-state index in [-0.39, 0.29) is 0 Å². The molecule has 0 amide bonds. The molecular weight excluding hydrogens is 268 g/mol. The molecule has 0 fully saturated rings. The molecule has 0 bridgehead atoms. The average molecular weight is 278 g/mol. The van der Waals surface area contributed by atoms with E-state index in [1.807, 2.05) is 11.6 Å². The average Bonchev–Trinajstić information content (AvgIpc) is 3.09. The number of rotatable bonds is 4. The molecule has 0 atom stereocenters. The Kier molecular flexibility index (Phi) is 3.22. The molecule has 5 heteroatoms. The number of hydrogen-bond donors (Lipinski definition) is 1. The number of hydrogen-bond acceptors (Lipinski definition) is 5. The van der Waals surface area contributed by atoms with Crippen molar-refractivity contribution in [1.29, 1.82) is 0 Å². The van der Waals surface area contributed by atoms with Crippen LogP contribution in [0.1, 0.15) is 4.88 Å². The van der Waals surface area contributed by atoms with E-state index >= 15 is 0 Å². The summed E-state index contributed by atoms with van der Waals surface area (Å²) in [6.45, 7) is 0.851. The van der Waals surface area contributed by atoms with Crippen LogP contribution in [0.25, 0.3) is 10.4 Å². The first-order valence-electron chi connectivity index (χ1n) is 5.16. The lowest BCUT2D eigenvalue weighted by Crippen LogP contribution is -1.95. The number of anilines is 1. The van der Waals surface area contributed by atoms with Crippen LogP contribution < -0.4 is 5.32 Å². The van der Waals surface area contributed by atoms with E-state index in [0.29, 0.717) is 0 Å². The molecule has 3 heterocycles. The van der Waals surface area contributed by atoms with Crippen LogP contribution >= 0.6 is 34.0 Å². The van der Waals surface area contributed by atoms with Crippen LogP contribution in [0.4, 0.5) is 5.13 Å². The summed E-state index contributed by atoms with van der Waals surface area (Å²) >= 11 is 5.20. The molecule has 0 saturated carbocycles. The molecular formula is C12H10N2S3. The van der Waals surface area contributed by atoms with E-state index in [0.717, 1.165) is 11.7 Å². The molecule has 17 heavy (non-hydrogen) atoms. The zero-order valence-electron chi connectivity index (χ0n) is 8.92. The van der Waals surface area contributed by atoms with Crippen molar-refractivity contribution in [2.45, 2.75) is 6.54 Å². The summed E-state index contributed by atoms with van der Waals surface area (Å²) in [5, 5.41) is 10.6. The van der Waals surface area contributed by atoms with E-state index in [1.165, 1.54) is 15.3 Å². The fraction of sp³-hybridized carbons (Fsp3) is 0.0833. The second-order valence-corrected chi connectivity index (χ2v) is 6.31. The molecule has 3 aromatic heterocycles. The van der Waals surface area contributed by atoms with Crippen LogP contribution in [-0.2, 0) is 6.54 Å². The highest BCUT2D eigenvalue weighted by Crippen LogP contribution is 2.29. The highest BCUT2D eigenvalue weighted by Gasteiger charge is 2.03. The minimum absolute atomic E-state index is 0.851. The first kappa shape index (κ1) is 11.0. The molecule has 0 aliphatic carbocycles. The third kappa shape index (κ3) is 2.57. The Labute approximate surface area is 112 Å². The summed E-state index contributed by atoms with van der Waals surface area (Å²) in [5.41, 5.74) is 1.32. The van der Waals surface area contributed by atoms with Gasteiger partial charge in [-0.3, -0.25) is 0 Å². The maximum atomic E-state index is 4.20. The Hall–Kier alpha value is -1.17.